The molecule has 0 aliphatic rings. The van der Waals surface area contributed by atoms with Crippen LogP contribution >= 0.6 is 0 Å². The average Bonchev–Trinajstić information content (AvgIpc) is 2.28. The predicted molar refractivity (Wildman–Crippen MR) is 67.6 cm³/mol. The zero-order valence-electron chi connectivity index (χ0n) is 10.4. The zero-order chi connectivity index (χ0) is 12.8. The smallest absolute Gasteiger partial charge is 0.411 e. The first-order chi connectivity index (χ1) is 8.04. The summed E-state index contributed by atoms with van der Waals surface area (Å²) in [6, 6.07) is 5.61. The van der Waals surface area contributed by atoms with Crippen LogP contribution in [0.5, 0.6) is 0 Å². The Morgan fingerprint density at radius 2 is 2.18 bits per heavy atom. The minimum atomic E-state index is -0.562. The van der Waals surface area contributed by atoms with Gasteiger partial charge in [0.2, 0.25) is 0 Å². The summed E-state index contributed by atoms with van der Waals surface area (Å²) in [6.45, 7) is 1.83. The highest BCUT2D eigenvalue weighted by Gasteiger charge is 2.06. The maximum Gasteiger partial charge on any atom is 0.411 e. The first-order valence-corrected chi connectivity index (χ1v) is 5.37. The van der Waals surface area contributed by atoms with Crippen molar-refractivity contribution in [1.29, 1.82) is 0 Å². The fourth-order valence-electron chi connectivity index (χ4n) is 1.46. The molecule has 2 N–H and O–H groups in total. The molecule has 0 bridgehead atoms. The van der Waals surface area contributed by atoms with Crippen LogP contribution in [0, 0.1) is 6.92 Å². The number of carbonyl (C=O) groups excluding carboxylic acids is 1. The van der Waals surface area contributed by atoms with E-state index >= 15 is 0 Å². The summed E-state index contributed by atoms with van der Waals surface area (Å²) in [5.41, 5.74) is 2.83. The Morgan fingerprint density at radius 1 is 1.47 bits per heavy atom. The molecule has 1 amide bonds. The Kier molecular flexibility index (Phi) is 4.78. The number of nitrogens with one attached hydrogen (secondary N) is 1. The van der Waals surface area contributed by atoms with Crippen LogP contribution in [0.15, 0.2) is 18.2 Å². The summed E-state index contributed by atoms with van der Waals surface area (Å²) >= 11 is 0. The van der Waals surface area contributed by atoms with Crippen molar-refractivity contribution in [2.45, 2.75) is 6.92 Å². The van der Waals surface area contributed by atoms with Crippen LogP contribution < -0.4 is 10.2 Å². The summed E-state index contributed by atoms with van der Waals surface area (Å²) in [5, 5.41) is 11.1. The van der Waals surface area contributed by atoms with Crippen molar-refractivity contribution in [3.8, 4) is 0 Å². The van der Waals surface area contributed by atoms with Gasteiger partial charge >= 0.3 is 6.09 Å². The van der Waals surface area contributed by atoms with Crippen molar-refractivity contribution in [2.75, 3.05) is 37.5 Å². The van der Waals surface area contributed by atoms with Gasteiger partial charge in [-0.05, 0) is 24.6 Å². The second-order valence-electron chi connectivity index (χ2n) is 3.88. The number of aliphatic hydroxyl groups excluding tert-OH is 1. The van der Waals surface area contributed by atoms with Gasteiger partial charge in [0.25, 0.3) is 0 Å². The van der Waals surface area contributed by atoms with E-state index in [0.29, 0.717) is 5.69 Å². The number of rotatable bonds is 4. The van der Waals surface area contributed by atoms with Crippen molar-refractivity contribution >= 4 is 17.5 Å². The summed E-state index contributed by atoms with van der Waals surface area (Å²) < 4.78 is 4.71. The van der Waals surface area contributed by atoms with Crippen molar-refractivity contribution in [2.24, 2.45) is 0 Å². The maximum atomic E-state index is 11.3. The van der Waals surface area contributed by atoms with Gasteiger partial charge in [-0.1, -0.05) is 6.07 Å². The van der Waals surface area contributed by atoms with E-state index in [1.54, 1.807) is 0 Å². The molecule has 94 valence electrons. The van der Waals surface area contributed by atoms with Gasteiger partial charge in [-0.15, -0.1) is 0 Å². The Balaban J connectivity index is 2.72. The van der Waals surface area contributed by atoms with Crippen LogP contribution in [0.1, 0.15) is 5.56 Å². The fourth-order valence-corrected chi connectivity index (χ4v) is 1.46. The summed E-state index contributed by atoms with van der Waals surface area (Å²) in [4.78, 5) is 13.3. The number of nitrogens with zero attached hydrogens (tertiary/aromatic N) is 1. The number of aliphatic hydroxyl groups is 1. The highest BCUT2D eigenvalue weighted by atomic mass is 16.6. The van der Waals surface area contributed by atoms with Gasteiger partial charge in [0.1, 0.15) is 6.61 Å². The third kappa shape index (κ3) is 3.96. The lowest BCUT2D eigenvalue weighted by Gasteiger charge is -2.17. The van der Waals surface area contributed by atoms with Crippen molar-refractivity contribution < 1.29 is 14.6 Å². The molecule has 1 aromatic rings. The first-order valence-electron chi connectivity index (χ1n) is 5.37. The SMILES string of the molecule is Cc1ccc(NC(=O)OCCO)cc1N(C)C. The highest BCUT2D eigenvalue weighted by molar-refractivity contribution is 5.85. The molecule has 1 aromatic carbocycles. The molecular formula is C12H18N2O3. The van der Waals surface area contributed by atoms with Gasteiger partial charge in [-0.25, -0.2) is 4.79 Å². The molecule has 0 aliphatic heterocycles. The van der Waals surface area contributed by atoms with Crippen LogP contribution in [0.3, 0.4) is 0 Å². The molecule has 0 unspecified atom stereocenters. The Hall–Kier alpha value is -1.75. The lowest BCUT2D eigenvalue weighted by Crippen LogP contribution is -2.16. The van der Waals surface area contributed by atoms with E-state index < -0.39 is 6.09 Å². The van der Waals surface area contributed by atoms with Crippen molar-refractivity contribution in [1.82, 2.24) is 0 Å². The molecule has 0 aromatic heterocycles. The molecule has 0 aliphatic carbocycles. The van der Waals surface area contributed by atoms with E-state index in [2.05, 4.69) is 5.32 Å². The summed E-state index contributed by atoms with van der Waals surface area (Å²) in [6.07, 6.45) is -0.562. The minimum absolute atomic E-state index is 0.00175. The topological polar surface area (TPSA) is 61.8 Å². The van der Waals surface area contributed by atoms with Crippen LogP contribution in [0.25, 0.3) is 0 Å². The number of hydrogen-bond acceptors (Lipinski definition) is 4. The summed E-state index contributed by atoms with van der Waals surface area (Å²) in [7, 11) is 3.88. The first kappa shape index (κ1) is 13.3. The number of anilines is 2. The van der Waals surface area contributed by atoms with Crippen LogP contribution in [0.2, 0.25) is 0 Å². The number of amides is 1. The monoisotopic (exact) mass is 238 g/mol. The number of benzene rings is 1. The zero-order valence-corrected chi connectivity index (χ0v) is 10.4. The molecular weight excluding hydrogens is 220 g/mol. The van der Waals surface area contributed by atoms with Gasteiger partial charge in [0.05, 0.1) is 6.61 Å². The second kappa shape index (κ2) is 6.10. The molecule has 5 nitrogen and oxygen atoms in total. The highest BCUT2D eigenvalue weighted by Crippen LogP contribution is 2.22. The molecule has 5 heteroatoms. The van der Waals surface area contributed by atoms with Gasteiger partial charge < -0.3 is 14.7 Å². The normalized spacial score (nSPS) is 9.88. The van der Waals surface area contributed by atoms with Gasteiger partial charge in [0.15, 0.2) is 0 Å². The fraction of sp³-hybridized carbons (Fsp3) is 0.417. The molecule has 0 spiro atoms. The average molecular weight is 238 g/mol. The van der Waals surface area contributed by atoms with Gasteiger partial charge in [0, 0.05) is 25.5 Å². The van der Waals surface area contributed by atoms with E-state index in [0.717, 1.165) is 11.3 Å². The van der Waals surface area contributed by atoms with E-state index in [1.165, 1.54) is 0 Å². The largest absolute Gasteiger partial charge is 0.447 e. The van der Waals surface area contributed by atoms with Crippen molar-refractivity contribution in [3.63, 3.8) is 0 Å². The standard InChI is InChI=1S/C12H18N2O3/c1-9-4-5-10(8-11(9)14(2)3)13-12(16)17-7-6-15/h4-5,8,15H,6-7H2,1-3H3,(H,13,16). The predicted octanol–water partition coefficient (Wildman–Crippen LogP) is 1.60. The third-order valence-electron chi connectivity index (χ3n) is 2.26. The quantitative estimate of drug-likeness (QED) is 0.836. The molecule has 0 atom stereocenters. The van der Waals surface area contributed by atoms with Gasteiger partial charge in [-0.2, -0.15) is 0 Å². The van der Waals surface area contributed by atoms with Crippen molar-refractivity contribution in [3.05, 3.63) is 23.8 Å². The van der Waals surface area contributed by atoms with Gasteiger partial charge in [-0.3, -0.25) is 5.32 Å². The second-order valence-corrected chi connectivity index (χ2v) is 3.88. The molecule has 0 saturated carbocycles. The Labute approximate surface area is 101 Å². The molecule has 0 radical (unpaired) electrons. The minimum Gasteiger partial charge on any atom is -0.447 e. The van der Waals surface area contributed by atoms with E-state index in [-0.39, 0.29) is 13.2 Å². The Bertz CT molecular complexity index is 391. The van der Waals surface area contributed by atoms with Crippen LogP contribution in [-0.2, 0) is 4.74 Å². The van der Waals surface area contributed by atoms with E-state index in [4.69, 9.17) is 9.84 Å². The molecule has 0 fully saturated rings. The van der Waals surface area contributed by atoms with E-state index in [1.807, 2.05) is 44.1 Å². The maximum absolute atomic E-state index is 11.3. The third-order valence-corrected chi connectivity index (χ3v) is 2.26. The van der Waals surface area contributed by atoms with E-state index in [9.17, 15) is 4.79 Å². The summed E-state index contributed by atoms with van der Waals surface area (Å²) in [5.74, 6) is 0. The number of hydrogen-bond donors (Lipinski definition) is 2. The van der Waals surface area contributed by atoms with Crippen LogP contribution in [-0.4, -0.2) is 38.5 Å². The molecule has 1 rings (SSSR count). The number of ether oxygens (including phenoxy) is 1. The Morgan fingerprint density at radius 3 is 2.76 bits per heavy atom. The molecule has 0 saturated heterocycles. The van der Waals surface area contributed by atoms with Crippen LogP contribution in [0.4, 0.5) is 16.2 Å². The molecule has 0 heterocycles. The number of aryl methyl sites for hydroxylation is 1. The lowest BCUT2D eigenvalue weighted by atomic mass is 10.1. The lowest BCUT2D eigenvalue weighted by molar-refractivity contribution is 0.131. The number of carbonyl (C=O) groups is 1. The molecule has 17 heavy (non-hydrogen) atoms.